The zero-order valence-corrected chi connectivity index (χ0v) is 16.1. The van der Waals surface area contributed by atoms with Crippen LogP contribution in [0.25, 0.3) is 10.3 Å². The molecule has 0 aliphatic heterocycles. The van der Waals surface area contributed by atoms with E-state index in [2.05, 4.69) is 20.6 Å². The van der Waals surface area contributed by atoms with E-state index in [1.54, 1.807) is 43.1 Å². The van der Waals surface area contributed by atoms with Gasteiger partial charge >= 0.3 is 6.03 Å². The normalized spacial score (nSPS) is 12.0. The fraction of sp³-hybridized carbons (Fsp3) is 0.235. The fourth-order valence-corrected chi connectivity index (χ4v) is 3.31. The first kappa shape index (κ1) is 19.3. The molecule has 3 aromatic rings. The van der Waals surface area contributed by atoms with Gasteiger partial charge < -0.3 is 15.3 Å². The van der Waals surface area contributed by atoms with Crippen LogP contribution in [0.5, 0.6) is 0 Å². The number of hydrogen-bond donors (Lipinski definition) is 3. The molecule has 0 fully saturated rings. The Balaban J connectivity index is 1.82. The maximum atomic E-state index is 14.1. The van der Waals surface area contributed by atoms with Crippen LogP contribution in [0.4, 0.5) is 25.8 Å². The van der Waals surface area contributed by atoms with Gasteiger partial charge in [-0.25, -0.2) is 19.2 Å². The molecule has 2 heterocycles. The molecule has 0 radical (unpaired) electrons. The number of aromatic nitrogens is 2. The largest absolute Gasteiger partial charge is 0.394 e. The van der Waals surface area contributed by atoms with Gasteiger partial charge in [0.15, 0.2) is 5.13 Å². The van der Waals surface area contributed by atoms with Gasteiger partial charge in [0.25, 0.3) is 0 Å². The topological polar surface area (TPSA) is 90.4 Å². The van der Waals surface area contributed by atoms with E-state index in [-0.39, 0.29) is 12.6 Å². The Morgan fingerprint density at radius 2 is 2.15 bits per heavy atom. The van der Waals surface area contributed by atoms with E-state index in [4.69, 9.17) is 16.7 Å². The zero-order valence-electron chi connectivity index (χ0n) is 14.5. The second kappa shape index (κ2) is 8.03. The molecule has 3 N–H and O–H groups in total. The summed E-state index contributed by atoms with van der Waals surface area (Å²) in [6.07, 6.45) is 0. The van der Waals surface area contributed by atoms with Gasteiger partial charge in [-0.1, -0.05) is 22.9 Å². The number of pyridine rings is 1. The van der Waals surface area contributed by atoms with E-state index in [0.29, 0.717) is 32.0 Å². The van der Waals surface area contributed by atoms with E-state index >= 15 is 0 Å². The lowest BCUT2D eigenvalue weighted by Crippen LogP contribution is -2.38. The molecule has 2 amide bonds. The number of amides is 2. The molecule has 27 heavy (non-hydrogen) atoms. The number of thiazole rings is 1. The van der Waals surface area contributed by atoms with Crippen molar-refractivity contribution < 1.29 is 14.3 Å². The number of aliphatic hydroxyl groups is 1. The average Bonchev–Trinajstić information content (AvgIpc) is 3.02. The second-order valence-electron chi connectivity index (χ2n) is 5.85. The summed E-state index contributed by atoms with van der Waals surface area (Å²) in [6, 6.07) is 7.06. The Morgan fingerprint density at radius 1 is 1.37 bits per heavy atom. The van der Waals surface area contributed by atoms with Crippen LogP contribution < -0.4 is 15.5 Å². The van der Waals surface area contributed by atoms with Gasteiger partial charge in [-0.3, -0.25) is 5.32 Å². The van der Waals surface area contributed by atoms with Gasteiger partial charge in [0, 0.05) is 12.1 Å². The molecule has 0 aliphatic carbocycles. The number of fused-ring (bicyclic) bond motifs is 1. The molecule has 142 valence electrons. The van der Waals surface area contributed by atoms with Crippen LogP contribution in [0.2, 0.25) is 5.02 Å². The third-order valence-corrected chi connectivity index (χ3v) is 4.84. The number of nitrogens with one attached hydrogen (secondary N) is 2. The van der Waals surface area contributed by atoms with E-state index in [1.165, 1.54) is 17.4 Å². The summed E-state index contributed by atoms with van der Waals surface area (Å²) < 4.78 is 14.1. The molecule has 3 rings (SSSR count). The lowest BCUT2D eigenvalue weighted by atomic mass is 10.2. The van der Waals surface area contributed by atoms with E-state index < -0.39 is 11.8 Å². The molecule has 0 bridgehead atoms. The van der Waals surface area contributed by atoms with Crippen molar-refractivity contribution in [1.29, 1.82) is 0 Å². The summed E-state index contributed by atoms with van der Waals surface area (Å²) in [5, 5.41) is 14.8. The summed E-state index contributed by atoms with van der Waals surface area (Å²) in [6.45, 7) is 1.52. The third-order valence-electron chi connectivity index (χ3n) is 3.73. The van der Waals surface area contributed by atoms with Crippen molar-refractivity contribution in [2.75, 3.05) is 23.9 Å². The van der Waals surface area contributed by atoms with Crippen LogP contribution in [-0.2, 0) is 0 Å². The number of rotatable bonds is 5. The maximum absolute atomic E-state index is 14.1. The Bertz CT molecular complexity index is 983. The van der Waals surface area contributed by atoms with Crippen LogP contribution >= 0.6 is 22.9 Å². The van der Waals surface area contributed by atoms with Crippen molar-refractivity contribution in [2.24, 2.45) is 0 Å². The molecule has 0 saturated heterocycles. The summed E-state index contributed by atoms with van der Waals surface area (Å²) in [5.41, 5.74) is 0.950. The zero-order chi connectivity index (χ0) is 19.6. The third kappa shape index (κ3) is 4.44. The number of nitrogens with zero attached hydrogens (tertiary/aromatic N) is 3. The summed E-state index contributed by atoms with van der Waals surface area (Å²) in [5.74, 6) is 0.0745. The molecule has 1 aromatic carbocycles. The highest BCUT2D eigenvalue weighted by atomic mass is 35.5. The number of carbonyl (C=O) groups excluding carboxylic acids is 1. The van der Waals surface area contributed by atoms with Crippen LogP contribution in [0, 0.1) is 5.82 Å². The molecule has 0 spiro atoms. The number of anilines is 3. The van der Waals surface area contributed by atoms with Crippen LogP contribution in [-0.4, -0.2) is 40.8 Å². The lowest BCUT2D eigenvalue weighted by Gasteiger charge is -2.18. The predicted octanol–water partition coefficient (Wildman–Crippen LogP) is 3.75. The monoisotopic (exact) mass is 409 g/mol. The number of halogens is 2. The highest BCUT2D eigenvalue weighted by Gasteiger charge is 2.14. The summed E-state index contributed by atoms with van der Waals surface area (Å²) >= 11 is 6.99. The first-order valence-electron chi connectivity index (χ1n) is 8.02. The molecule has 7 nitrogen and oxygen atoms in total. The Kier molecular flexibility index (Phi) is 5.73. The van der Waals surface area contributed by atoms with Gasteiger partial charge in [0.2, 0.25) is 0 Å². The molecule has 2 aromatic heterocycles. The molecule has 0 saturated carbocycles. The van der Waals surface area contributed by atoms with Crippen molar-refractivity contribution in [2.45, 2.75) is 13.0 Å². The van der Waals surface area contributed by atoms with Gasteiger partial charge in [0.1, 0.15) is 22.0 Å². The first-order chi connectivity index (χ1) is 12.9. The highest BCUT2D eigenvalue weighted by Crippen LogP contribution is 2.30. The van der Waals surface area contributed by atoms with Crippen molar-refractivity contribution >= 4 is 56.0 Å². The van der Waals surface area contributed by atoms with Crippen LogP contribution in [0.15, 0.2) is 30.3 Å². The average molecular weight is 410 g/mol. The number of aliphatic hydroxyl groups excluding tert-OH is 1. The number of benzene rings is 1. The molecular formula is C17H17ClFN5O2S. The Hall–Kier alpha value is -2.49. The Labute approximate surface area is 163 Å². The van der Waals surface area contributed by atoms with Crippen molar-refractivity contribution in [3.05, 3.63) is 41.2 Å². The van der Waals surface area contributed by atoms with Gasteiger partial charge in [-0.2, -0.15) is 0 Å². The SMILES string of the molecule is C[C@H](CO)NC(=O)Nc1nc2ccc(N(C)c3ccc(Cl)cc3F)nc2s1. The van der Waals surface area contributed by atoms with Crippen molar-refractivity contribution in [3.8, 4) is 0 Å². The molecule has 1 atom stereocenters. The second-order valence-corrected chi connectivity index (χ2v) is 7.26. The standard InChI is InChI=1S/C17H17ClFN5O2S/c1-9(8-25)20-16(26)23-17-21-12-4-6-14(22-15(12)27-17)24(2)13-5-3-10(18)7-11(13)19/h3-7,9,25H,8H2,1-2H3,(H2,20,21,23,26)/t9-/m1/s1. The highest BCUT2D eigenvalue weighted by molar-refractivity contribution is 7.22. The lowest BCUT2D eigenvalue weighted by molar-refractivity contribution is 0.229. The van der Waals surface area contributed by atoms with E-state index in [9.17, 15) is 9.18 Å². The summed E-state index contributed by atoms with van der Waals surface area (Å²) in [4.78, 5) is 22.8. The minimum atomic E-state index is -0.462. The van der Waals surface area contributed by atoms with Gasteiger partial charge in [-0.05, 0) is 37.3 Å². The van der Waals surface area contributed by atoms with Crippen LogP contribution in [0.1, 0.15) is 6.92 Å². The van der Waals surface area contributed by atoms with Crippen molar-refractivity contribution in [1.82, 2.24) is 15.3 Å². The summed E-state index contributed by atoms with van der Waals surface area (Å²) in [7, 11) is 1.70. The van der Waals surface area contributed by atoms with Crippen molar-refractivity contribution in [3.63, 3.8) is 0 Å². The van der Waals surface area contributed by atoms with Crippen LogP contribution in [0.3, 0.4) is 0 Å². The quantitative estimate of drug-likeness (QED) is 0.597. The minimum absolute atomic E-state index is 0.161. The van der Waals surface area contributed by atoms with Gasteiger partial charge in [0.05, 0.1) is 18.3 Å². The fourth-order valence-electron chi connectivity index (χ4n) is 2.33. The Morgan fingerprint density at radius 3 is 2.85 bits per heavy atom. The molecular weight excluding hydrogens is 393 g/mol. The molecule has 0 unspecified atom stereocenters. The maximum Gasteiger partial charge on any atom is 0.321 e. The smallest absolute Gasteiger partial charge is 0.321 e. The number of hydrogen-bond acceptors (Lipinski definition) is 6. The minimum Gasteiger partial charge on any atom is -0.394 e. The number of urea groups is 1. The first-order valence-corrected chi connectivity index (χ1v) is 9.21. The van der Waals surface area contributed by atoms with E-state index in [0.717, 1.165) is 0 Å². The number of carbonyl (C=O) groups is 1. The van der Waals surface area contributed by atoms with E-state index in [1.807, 2.05) is 0 Å². The molecule has 10 heteroatoms. The van der Waals surface area contributed by atoms with Gasteiger partial charge in [-0.15, -0.1) is 0 Å². The molecule has 0 aliphatic rings. The predicted molar refractivity (Wildman–Crippen MR) is 106 cm³/mol.